The molecule has 0 spiro atoms. The van der Waals surface area contributed by atoms with Crippen LogP contribution in [0.25, 0.3) is 0 Å². The van der Waals surface area contributed by atoms with E-state index in [-0.39, 0.29) is 49.8 Å². The summed E-state index contributed by atoms with van der Waals surface area (Å²) in [5.74, 6) is -3.51. The molecule has 1 heterocycles. The first kappa shape index (κ1) is 31.8. The molecule has 0 aromatic heterocycles. The van der Waals surface area contributed by atoms with Crippen molar-refractivity contribution in [1.82, 2.24) is 15.5 Å². The molecule has 2 N–H and O–H groups in total. The Morgan fingerprint density at radius 1 is 0.844 bits per heavy atom. The summed E-state index contributed by atoms with van der Waals surface area (Å²) >= 11 is 0. The highest BCUT2D eigenvalue weighted by molar-refractivity contribution is 5.91. The van der Waals surface area contributed by atoms with Crippen molar-refractivity contribution in [2.24, 2.45) is 5.92 Å². The zero-order chi connectivity index (χ0) is 31.8. The van der Waals surface area contributed by atoms with Crippen molar-refractivity contribution in [2.45, 2.75) is 76.2 Å². The van der Waals surface area contributed by atoms with E-state index in [0.717, 1.165) is 30.0 Å². The number of nitrogens with zero attached hydrogens (tertiary/aromatic N) is 1. The summed E-state index contributed by atoms with van der Waals surface area (Å²) in [5.41, 5.74) is 1.68. The van der Waals surface area contributed by atoms with E-state index < -0.39 is 47.5 Å². The van der Waals surface area contributed by atoms with Gasteiger partial charge in [0.05, 0.1) is 0 Å². The number of ether oxygens (including phenoxy) is 1. The molecule has 0 unspecified atom stereocenters. The molecule has 1 aliphatic carbocycles. The predicted molar refractivity (Wildman–Crippen MR) is 162 cm³/mol. The molecule has 3 atom stereocenters. The number of hydrogen-bond donors (Lipinski definition) is 2. The zero-order valence-electron chi connectivity index (χ0n) is 24.9. The minimum atomic E-state index is -1.02. The highest BCUT2D eigenvalue weighted by atomic mass is 19.2. The van der Waals surface area contributed by atoms with Crippen molar-refractivity contribution in [1.29, 1.82) is 0 Å². The van der Waals surface area contributed by atoms with Gasteiger partial charge in [0, 0.05) is 37.4 Å². The molecule has 3 aromatic rings. The Balaban J connectivity index is 1.24. The molecule has 0 radical (unpaired) electrons. The quantitative estimate of drug-likeness (QED) is 0.258. The Labute approximate surface area is 261 Å². The van der Waals surface area contributed by atoms with Crippen LogP contribution in [0.2, 0.25) is 0 Å². The lowest BCUT2D eigenvalue weighted by molar-refractivity contribution is -0.149. The minimum absolute atomic E-state index is 0.0326. The van der Waals surface area contributed by atoms with E-state index >= 15 is 0 Å². The van der Waals surface area contributed by atoms with E-state index in [2.05, 4.69) is 10.6 Å². The van der Waals surface area contributed by atoms with Crippen LogP contribution < -0.4 is 10.6 Å². The van der Waals surface area contributed by atoms with Crippen LogP contribution in [0.4, 0.5) is 8.78 Å². The third-order valence-electron chi connectivity index (χ3n) is 8.27. The number of amides is 3. The minimum Gasteiger partial charge on any atom is -0.459 e. The average Bonchev–Trinajstić information content (AvgIpc) is 3.80. The molecule has 0 bridgehead atoms. The highest BCUT2D eigenvalue weighted by Crippen LogP contribution is 2.34. The predicted octanol–water partition coefficient (Wildman–Crippen LogP) is 4.60. The van der Waals surface area contributed by atoms with Gasteiger partial charge in [-0.25, -0.2) is 13.6 Å². The fourth-order valence-corrected chi connectivity index (χ4v) is 5.61. The van der Waals surface area contributed by atoms with Crippen molar-refractivity contribution in [3.05, 3.63) is 107 Å². The molecule has 45 heavy (non-hydrogen) atoms. The monoisotopic (exact) mass is 617 g/mol. The molecule has 1 aliphatic heterocycles. The summed E-state index contributed by atoms with van der Waals surface area (Å²) in [6.45, 7) is -0.0994. The summed E-state index contributed by atoms with van der Waals surface area (Å²) in [6, 6.07) is 19.9. The number of benzene rings is 3. The first-order valence-electron chi connectivity index (χ1n) is 15.3. The summed E-state index contributed by atoms with van der Waals surface area (Å²) in [7, 11) is 0. The van der Waals surface area contributed by atoms with Gasteiger partial charge in [-0.3, -0.25) is 14.4 Å². The van der Waals surface area contributed by atoms with Gasteiger partial charge in [-0.15, -0.1) is 0 Å². The number of halogens is 2. The van der Waals surface area contributed by atoms with Gasteiger partial charge >= 0.3 is 5.97 Å². The Kier molecular flexibility index (Phi) is 10.5. The molecular weight excluding hydrogens is 580 g/mol. The number of likely N-dealkylation sites (tertiary alicyclic amines) is 1. The number of nitrogens with one attached hydrogen (secondary N) is 2. The zero-order valence-corrected chi connectivity index (χ0v) is 24.9. The van der Waals surface area contributed by atoms with Crippen LogP contribution in [-0.2, 0) is 43.5 Å². The average molecular weight is 618 g/mol. The number of hydrogen-bond acceptors (Lipinski definition) is 5. The lowest BCUT2D eigenvalue weighted by atomic mass is 10.0. The first-order chi connectivity index (χ1) is 21.8. The van der Waals surface area contributed by atoms with Crippen LogP contribution >= 0.6 is 0 Å². The summed E-state index contributed by atoms with van der Waals surface area (Å²) in [5, 5.41) is 5.65. The van der Waals surface area contributed by atoms with Crippen LogP contribution in [0, 0.1) is 17.6 Å². The van der Waals surface area contributed by atoms with Crippen molar-refractivity contribution in [3.8, 4) is 0 Å². The lowest BCUT2D eigenvalue weighted by Gasteiger charge is -2.26. The fourth-order valence-electron chi connectivity index (χ4n) is 5.61. The molecule has 10 heteroatoms. The number of rotatable bonds is 14. The van der Waals surface area contributed by atoms with Crippen LogP contribution in [0.3, 0.4) is 0 Å². The maximum absolute atomic E-state index is 14.3. The van der Waals surface area contributed by atoms with Crippen molar-refractivity contribution in [3.63, 3.8) is 0 Å². The molecule has 1 saturated carbocycles. The number of carbonyl (C=O) groups is 4. The van der Waals surface area contributed by atoms with Gasteiger partial charge in [-0.05, 0) is 36.0 Å². The Bertz CT molecular complexity index is 1500. The fraction of sp³-hybridized carbons (Fsp3) is 0.371. The smallest absolute Gasteiger partial charge is 0.329 e. The molecule has 2 aliphatic rings. The third kappa shape index (κ3) is 8.97. The molecule has 236 valence electrons. The van der Waals surface area contributed by atoms with Crippen LogP contribution in [0.5, 0.6) is 0 Å². The lowest BCUT2D eigenvalue weighted by Crippen LogP contribution is -2.53. The van der Waals surface area contributed by atoms with E-state index in [0.29, 0.717) is 12.8 Å². The molecule has 2 fully saturated rings. The summed E-state index contributed by atoms with van der Waals surface area (Å²) in [4.78, 5) is 54.1. The molecule has 3 aromatic carbocycles. The molecular formula is C35H37F2N3O5. The van der Waals surface area contributed by atoms with Gasteiger partial charge in [0.1, 0.15) is 18.7 Å². The highest BCUT2D eigenvalue weighted by Gasteiger charge is 2.36. The van der Waals surface area contributed by atoms with E-state index in [9.17, 15) is 28.0 Å². The second-order valence-corrected chi connectivity index (χ2v) is 11.8. The Morgan fingerprint density at radius 3 is 2.22 bits per heavy atom. The second-order valence-electron chi connectivity index (χ2n) is 11.8. The molecule has 5 rings (SSSR count). The van der Waals surface area contributed by atoms with E-state index in [4.69, 9.17) is 4.74 Å². The van der Waals surface area contributed by atoms with Crippen LogP contribution in [0.1, 0.15) is 55.2 Å². The maximum atomic E-state index is 14.3. The van der Waals surface area contributed by atoms with Gasteiger partial charge < -0.3 is 20.3 Å². The molecule has 3 amide bonds. The summed E-state index contributed by atoms with van der Waals surface area (Å²) in [6.07, 6.45) is 2.98. The topological polar surface area (TPSA) is 105 Å². The van der Waals surface area contributed by atoms with Gasteiger partial charge in [-0.2, -0.15) is 0 Å². The van der Waals surface area contributed by atoms with Gasteiger partial charge in [-0.1, -0.05) is 85.6 Å². The molecule has 1 saturated heterocycles. The van der Waals surface area contributed by atoms with Crippen molar-refractivity contribution >= 4 is 23.7 Å². The largest absolute Gasteiger partial charge is 0.459 e. The maximum Gasteiger partial charge on any atom is 0.329 e. The van der Waals surface area contributed by atoms with Crippen molar-refractivity contribution < 1.29 is 32.7 Å². The Morgan fingerprint density at radius 2 is 1.53 bits per heavy atom. The van der Waals surface area contributed by atoms with Crippen molar-refractivity contribution in [2.75, 3.05) is 0 Å². The van der Waals surface area contributed by atoms with Gasteiger partial charge in [0.15, 0.2) is 11.6 Å². The number of esters is 1. The molecule has 8 nitrogen and oxygen atoms in total. The second kappa shape index (κ2) is 14.9. The van der Waals surface area contributed by atoms with Crippen LogP contribution in [0.15, 0.2) is 78.9 Å². The van der Waals surface area contributed by atoms with E-state index in [1.165, 1.54) is 17.0 Å². The third-order valence-corrected chi connectivity index (χ3v) is 8.27. The SMILES string of the molecule is O=C(C[C@@H]1CCC(=O)N1Cc1cccc(F)c1F)N[C@@H](CC1CC1)C(=O)N[C@@H](Cc1ccccc1)C(=O)OCc1ccccc1. The number of carbonyl (C=O) groups excluding carboxylic acids is 4. The summed E-state index contributed by atoms with van der Waals surface area (Å²) < 4.78 is 33.6. The van der Waals surface area contributed by atoms with Gasteiger partial charge in [0.25, 0.3) is 0 Å². The van der Waals surface area contributed by atoms with E-state index in [1.807, 2.05) is 60.7 Å². The Hall–Kier alpha value is -4.60. The normalized spacial score (nSPS) is 17.4. The van der Waals surface area contributed by atoms with E-state index in [1.54, 1.807) is 0 Å². The van der Waals surface area contributed by atoms with Crippen LogP contribution in [-0.4, -0.2) is 46.7 Å². The van der Waals surface area contributed by atoms with Gasteiger partial charge in [0.2, 0.25) is 17.7 Å². The first-order valence-corrected chi connectivity index (χ1v) is 15.3. The standard InChI is InChI=1S/C35H37F2N3O5/c36-28-13-7-12-26(33(28)37)21-40-27(16-17-32(40)42)20-31(41)38-29(18-24-14-15-24)34(43)39-30(19-23-8-3-1-4-9-23)35(44)45-22-25-10-5-2-6-11-25/h1-13,24,27,29-30H,14-22H2,(H,38,41)(H,39,43)/t27-,29-,30-/m0/s1.